The van der Waals surface area contributed by atoms with Crippen LogP contribution in [0.5, 0.6) is 0 Å². The van der Waals surface area contributed by atoms with Gasteiger partial charge in [0.25, 0.3) is 5.91 Å². The molecule has 1 unspecified atom stereocenters. The van der Waals surface area contributed by atoms with Crippen molar-refractivity contribution in [3.63, 3.8) is 0 Å². The minimum atomic E-state index is -0.676. The molecule has 4 heterocycles. The van der Waals surface area contributed by atoms with Crippen LogP contribution >= 0.6 is 0 Å². The summed E-state index contributed by atoms with van der Waals surface area (Å²) < 4.78 is 21.6. The molecular weight excluding hydrogens is 413 g/mol. The molecule has 5 rings (SSSR count). The number of aromatic nitrogens is 2. The van der Waals surface area contributed by atoms with Gasteiger partial charge in [-0.2, -0.15) is 0 Å². The highest BCUT2D eigenvalue weighted by Crippen LogP contribution is 2.40. The molecule has 1 atom stereocenters. The summed E-state index contributed by atoms with van der Waals surface area (Å²) in [5.74, 6) is 0.542. The summed E-state index contributed by atoms with van der Waals surface area (Å²) in [5.41, 5.74) is -0.127. The fourth-order valence-corrected chi connectivity index (χ4v) is 4.99. The Morgan fingerprint density at radius 3 is 2.47 bits per heavy atom. The number of benzene rings is 1. The van der Waals surface area contributed by atoms with E-state index in [2.05, 4.69) is 10.3 Å². The van der Waals surface area contributed by atoms with Crippen molar-refractivity contribution in [1.82, 2.24) is 19.4 Å². The highest BCUT2D eigenvalue weighted by atomic mass is 19.1. The fourth-order valence-electron chi connectivity index (χ4n) is 4.99. The molecule has 1 N–H and O–H groups in total. The Morgan fingerprint density at radius 2 is 1.75 bits per heavy atom. The first-order chi connectivity index (χ1) is 15.5. The first-order valence-corrected chi connectivity index (χ1v) is 11.3. The number of nitrogens with zero attached hydrogens (tertiary/aromatic N) is 4. The number of fused-ring (bicyclic) bond motifs is 2. The van der Waals surface area contributed by atoms with E-state index in [1.807, 2.05) is 15.7 Å². The SMILES string of the molecule is O=C(Nc1ccc(F)cc1)N1CCC2(CC1)OC(C(=O)N1CCCCC1)Cn1ccnc12. The molecule has 0 bridgehead atoms. The molecule has 3 amide bonds. The third kappa shape index (κ3) is 3.97. The highest BCUT2D eigenvalue weighted by molar-refractivity contribution is 5.89. The number of amides is 3. The van der Waals surface area contributed by atoms with Gasteiger partial charge < -0.3 is 24.4 Å². The molecule has 9 heteroatoms. The van der Waals surface area contributed by atoms with Gasteiger partial charge in [-0.25, -0.2) is 14.2 Å². The Bertz CT molecular complexity index is 978. The van der Waals surface area contributed by atoms with E-state index < -0.39 is 11.7 Å². The number of anilines is 1. The van der Waals surface area contributed by atoms with Gasteiger partial charge in [0, 0.05) is 57.1 Å². The molecule has 170 valence electrons. The topological polar surface area (TPSA) is 79.7 Å². The first-order valence-electron chi connectivity index (χ1n) is 11.3. The maximum Gasteiger partial charge on any atom is 0.321 e. The van der Waals surface area contributed by atoms with Crippen molar-refractivity contribution in [3.05, 3.63) is 48.3 Å². The van der Waals surface area contributed by atoms with Crippen molar-refractivity contribution in [2.24, 2.45) is 0 Å². The van der Waals surface area contributed by atoms with Crippen LogP contribution in [-0.2, 0) is 21.7 Å². The highest BCUT2D eigenvalue weighted by Gasteiger charge is 2.48. The van der Waals surface area contributed by atoms with Crippen molar-refractivity contribution in [3.8, 4) is 0 Å². The van der Waals surface area contributed by atoms with Crippen LogP contribution in [-0.4, -0.2) is 63.6 Å². The number of carbonyl (C=O) groups is 2. The maximum atomic E-state index is 13.2. The Balaban J connectivity index is 1.27. The normalized spacial score (nSPS) is 22.5. The molecule has 1 spiro atoms. The summed E-state index contributed by atoms with van der Waals surface area (Å²) in [4.78, 5) is 34.1. The number of piperidine rings is 2. The van der Waals surface area contributed by atoms with Crippen molar-refractivity contribution >= 4 is 17.6 Å². The molecule has 0 saturated carbocycles. The van der Waals surface area contributed by atoms with E-state index in [0.29, 0.717) is 38.2 Å². The predicted octanol–water partition coefficient (Wildman–Crippen LogP) is 2.96. The number of halogens is 1. The van der Waals surface area contributed by atoms with E-state index in [1.54, 1.807) is 11.1 Å². The fraction of sp³-hybridized carbons (Fsp3) is 0.522. The number of carbonyl (C=O) groups excluding carboxylic acids is 2. The quantitative estimate of drug-likeness (QED) is 0.777. The Labute approximate surface area is 186 Å². The summed E-state index contributed by atoms with van der Waals surface area (Å²) in [6.07, 6.45) is 7.49. The van der Waals surface area contributed by atoms with Crippen LogP contribution in [0.3, 0.4) is 0 Å². The Hall–Kier alpha value is -2.94. The number of ether oxygens (including phenoxy) is 1. The van der Waals surface area contributed by atoms with Gasteiger partial charge in [0.2, 0.25) is 0 Å². The second-order valence-electron chi connectivity index (χ2n) is 8.81. The van der Waals surface area contributed by atoms with Crippen LogP contribution in [0.2, 0.25) is 0 Å². The smallest absolute Gasteiger partial charge is 0.321 e. The van der Waals surface area contributed by atoms with Crippen LogP contribution in [0.25, 0.3) is 0 Å². The molecule has 2 fully saturated rings. The molecule has 2 aromatic rings. The van der Waals surface area contributed by atoms with Crippen LogP contribution in [0, 0.1) is 5.82 Å². The lowest BCUT2D eigenvalue weighted by atomic mass is 9.88. The standard InChI is InChI=1S/C23H28FN5O3/c24-17-4-6-18(7-5-17)26-22(31)28-13-8-23(9-14-28)21-25-10-15-29(21)16-19(32-23)20(30)27-11-2-1-3-12-27/h4-7,10,15,19H,1-3,8-9,11-14,16H2,(H,26,31). The van der Waals surface area contributed by atoms with Gasteiger partial charge in [0.1, 0.15) is 17.2 Å². The third-order valence-electron chi connectivity index (χ3n) is 6.75. The molecule has 32 heavy (non-hydrogen) atoms. The molecule has 3 aliphatic rings. The minimum Gasteiger partial charge on any atom is -0.352 e. The van der Waals surface area contributed by atoms with E-state index in [4.69, 9.17) is 4.74 Å². The van der Waals surface area contributed by atoms with E-state index >= 15 is 0 Å². The molecule has 0 radical (unpaired) electrons. The zero-order valence-corrected chi connectivity index (χ0v) is 18.0. The number of urea groups is 1. The Kier molecular flexibility index (Phi) is 5.58. The second-order valence-corrected chi connectivity index (χ2v) is 8.81. The number of nitrogens with one attached hydrogen (secondary N) is 1. The minimum absolute atomic E-state index is 0.0555. The number of likely N-dealkylation sites (tertiary alicyclic amines) is 2. The van der Waals surface area contributed by atoms with Crippen molar-refractivity contribution < 1.29 is 18.7 Å². The lowest BCUT2D eigenvalue weighted by Gasteiger charge is -2.46. The lowest BCUT2D eigenvalue weighted by molar-refractivity contribution is -0.180. The van der Waals surface area contributed by atoms with Crippen LogP contribution in [0.15, 0.2) is 36.7 Å². The summed E-state index contributed by atoms with van der Waals surface area (Å²) in [6.45, 7) is 3.01. The lowest BCUT2D eigenvalue weighted by Crippen LogP contribution is -2.56. The zero-order valence-electron chi connectivity index (χ0n) is 18.0. The molecule has 8 nitrogen and oxygen atoms in total. The number of hydrogen-bond acceptors (Lipinski definition) is 4. The molecule has 1 aromatic heterocycles. The van der Waals surface area contributed by atoms with Gasteiger partial charge in [-0.05, 0) is 43.5 Å². The van der Waals surface area contributed by atoms with Crippen LogP contribution in [0.4, 0.5) is 14.9 Å². The molecular formula is C23H28FN5O3. The predicted molar refractivity (Wildman–Crippen MR) is 115 cm³/mol. The van der Waals surface area contributed by atoms with E-state index in [9.17, 15) is 14.0 Å². The molecule has 2 saturated heterocycles. The van der Waals surface area contributed by atoms with Gasteiger partial charge in [-0.1, -0.05) is 0 Å². The van der Waals surface area contributed by atoms with Crippen molar-refractivity contribution in [2.45, 2.75) is 50.4 Å². The van der Waals surface area contributed by atoms with E-state index in [1.165, 1.54) is 30.7 Å². The number of imidazole rings is 1. The van der Waals surface area contributed by atoms with Crippen LogP contribution < -0.4 is 5.32 Å². The first kappa shape index (κ1) is 20.9. The van der Waals surface area contributed by atoms with E-state index in [-0.39, 0.29) is 17.8 Å². The van der Waals surface area contributed by atoms with Gasteiger partial charge >= 0.3 is 6.03 Å². The van der Waals surface area contributed by atoms with Crippen molar-refractivity contribution in [2.75, 3.05) is 31.5 Å². The summed E-state index contributed by atoms with van der Waals surface area (Å²) >= 11 is 0. The summed E-state index contributed by atoms with van der Waals surface area (Å²) in [6, 6.07) is 5.48. The summed E-state index contributed by atoms with van der Waals surface area (Å²) in [7, 11) is 0. The van der Waals surface area contributed by atoms with Crippen molar-refractivity contribution in [1.29, 1.82) is 0 Å². The molecule has 1 aromatic carbocycles. The number of rotatable bonds is 2. The van der Waals surface area contributed by atoms with Gasteiger partial charge in [-0.3, -0.25) is 4.79 Å². The monoisotopic (exact) mass is 441 g/mol. The summed E-state index contributed by atoms with van der Waals surface area (Å²) in [5, 5.41) is 2.81. The second kappa shape index (κ2) is 8.54. The third-order valence-corrected chi connectivity index (χ3v) is 6.75. The average Bonchev–Trinajstić information content (AvgIpc) is 3.31. The average molecular weight is 442 g/mol. The molecule has 0 aliphatic carbocycles. The number of hydrogen-bond donors (Lipinski definition) is 1. The zero-order chi connectivity index (χ0) is 22.1. The Morgan fingerprint density at radius 1 is 1.03 bits per heavy atom. The van der Waals surface area contributed by atoms with Gasteiger partial charge in [0.15, 0.2) is 6.10 Å². The molecule has 3 aliphatic heterocycles. The largest absolute Gasteiger partial charge is 0.352 e. The van der Waals surface area contributed by atoms with E-state index in [0.717, 1.165) is 31.8 Å². The maximum absolute atomic E-state index is 13.2. The van der Waals surface area contributed by atoms with Gasteiger partial charge in [0.05, 0.1) is 6.54 Å². The van der Waals surface area contributed by atoms with Gasteiger partial charge in [-0.15, -0.1) is 0 Å². The van der Waals surface area contributed by atoms with Crippen LogP contribution in [0.1, 0.15) is 37.9 Å².